The third kappa shape index (κ3) is 5.30. The lowest BCUT2D eigenvalue weighted by atomic mass is 9.65. The number of carbonyl (C=O) groups is 2. The van der Waals surface area contributed by atoms with Crippen LogP contribution in [0.5, 0.6) is 0 Å². The molecule has 5 heteroatoms. The van der Waals surface area contributed by atoms with Gasteiger partial charge in [-0.3, -0.25) is 9.59 Å². The molecule has 1 heterocycles. The van der Waals surface area contributed by atoms with Crippen LogP contribution in [0.2, 0.25) is 0 Å². The zero-order valence-corrected chi connectivity index (χ0v) is 18.2. The maximum atomic E-state index is 12.5. The molecule has 1 N–H and O–H groups in total. The lowest BCUT2D eigenvalue weighted by molar-refractivity contribution is -0.162. The Bertz CT molecular complexity index is 666. The first kappa shape index (κ1) is 22.1. The highest BCUT2D eigenvalue weighted by molar-refractivity contribution is 5.72. The van der Waals surface area contributed by atoms with Crippen molar-refractivity contribution >= 4 is 11.9 Å². The van der Waals surface area contributed by atoms with Gasteiger partial charge in [0.15, 0.2) is 0 Å². The van der Waals surface area contributed by atoms with Crippen LogP contribution in [0.1, 0.15) is 66.2 Å². The fourth-order valence-corrected chi connectivity index (χ4v) is 5.07. The van der Waals surface area contributed by atoms with Crippen molar-refractivity contribution in [1.82, 2.24) is 0 Å². The average Bonchev–Trinajstić information content (AvgIpc) is 2.65. The molecule has 0 saturated carbocycles. The Morgan fingerprint density at radius 3 is 2.76 bits per heavy atom. The SMILES string of the molecule is CC[C@@H](C)C(=O)O[C@@H]1C[C@H](C)C=C2C=C[C@@H](C)[C@@H](CC[C@H]3C[C@H](O)CC(=O)O3)[C@@H]21. The summed E-state index contributed by atoms with van der Waals surface area (Å²) in [5.74, 6) is 0.755. The fraction of sp³-hybridized carbons (Fsp3) is 0.750. The topological polar surface area (TPSA) is 72.8 Å². The minimum atomic E-state index is -0.597. The van der Waals surface area contributed by atoms with Gasteiger partial charge in [0.25, 0.3) is 0 Å². The summed E-state index contributed by atoms with van der Waals surface area (Å²) in [4.78, 5) is 24.2. The summed E-state index contributed by atoms with van der Waals surface area (Å²) in [6.45, 7) is 8.33. The second-order valence-corrected chi connectivity index (χ2v) is 9.36. The largest absolute Gasteiger partial charge is 0.462 e. The smallest absolute Gasteiger partial charge is 0.308 e. The molecule has 0 unspecified atom stereocenters. The molecule has 3 aliphatic rings. The minimum absolute atomic E-state index is 0.0854. The molecule has 0 radical (unpaired) electrons. The molecule has 0 bridgehead atoms. The maximum Gasteiger partial charge on any atom is 0.308 e. The summed E-state index contributed by atoms with van der Waals surface area (Å²) in [7, 11) is 0. The van der Waals surface area contributed by atoms with Crippen LogP contribution in [-0.2, 0) is 19.1 Å². The summed E-state index contributed by atoms with van der Waals surface area (Å²) in [5.41, 5.74) is 1.27. The van der Waals surface area contributed by atoms with Gasteiger partial charge in [-0.15, -0.1) is 0 Å². The Balaban J connectivity index is 1.74. The third-order valence-electron chi connectivity index (χ3n) is 6.93. The van der Waals surface area contributed by atoms with Crippen LogP contribution in [0.3, 0.4) is 0 Å². The fourth-order valence-electron chi connectivity index (χ4n) is 5.07. The number of rotatable bonds is 6. The lowest BCUT2D eigenvalue weighted by Gasteiger charge is -2.43. The molecule has 162 valence electrons. The zero-order chi connectivity index (χ0) is 21.1. The van der Waals surface area contributed by atoms with Gasteiger partial charge < -0.3 is 14.6 Å². The number of esters is 2. The standard InChI is InChI=1S/C24H36O5/c1-5-15(3)24(27)29-21-11-14(2)10-17-7-6-16(4)20(23(17)21)9-8-19-12-18(25)13-22(26)28-19/h6-7,10,14-16,18-21,23,25H,5,8-9,11-13H2,1-4H3/t14-,15-,16-,18+,19+,20-,21-,23-/m1/s1. The second kappa shape index (κ2) is 9.46. The summed E-state index contributed by atoms with van der Waals surface area (Å²) >= 11 is 0. The summed E-state index contributed by atoms with van der Waals surface area (Å²) in [6, 6.07) is 0. The van der Waals surface area contributed by atoms with Gasteiger partial charge in [-0.2, -0.15) is 0 Å². The van der Waals surface area contributed by atoms with Crippen molar-refractivity contribution in [3.05, 3.63) is 23.8 Å². The first-order chi connectivity index (χ1) is 13.8. The van der Waals surface area contributed by atoms with E-state index < -0.39 is 6.10 Å². The van der Waals surface area contributed by atoms with E-state index in [0.29, 0.717) is 24.2 Å². The number of cyclic esters (lactones) is 1. The number of aliphatic hydroxyl groups excluding tert-OH is 1. The Morgan fingerprint density at radius 2 is 2.07 bits per heavy atom. The Kier molecular flexibility index (Phi) is 7.20. The van der Waals surface area contributed by atoms with E-state index in [1.54, 1.807) is 0 Å². The van der Waals surface area contributed by atoms with E-state index in [1.807, 2.05) is 13.8 Å². The number of fused-ring (bicyclic) bond motifs is 1. The molecule has 0 amide bonds. The Labute approximate surface area is 174 Å². The lowest BCUT2D eigenvalue weighted by Crippen LogP contribution is -2.42. The molecule has 5 nitrogen and oxygen atoms in total. The van der Waals surface area contributed by atoms with E-state index in [2.05, 4.69) is 32.1 Å². The first-order valence-electron chi connectivity index (χ1n) is 11.3. The van der Waals surface area contributed by atoms with E-state index in [9.17, 15) is 14.7 Å². The molecule has 0 spiro atoms. The molecule has 1 fully saturated rings. The summed E-state index contributed by atoms with van der Waals surface area (Å²) in [6.07, 6.45) is 9.70. The molecular formula is C24H36O5. The summed E-state index contributed by atoms with van der Waals surface area (Å²) in [5, 5.41) is 9.89. The van der Waals surface area contributed by atoms with Gasteiger partial charge in [0.05, 0.1) is 18.4 Å². The quantitative estimate of drug-likeness (QED) is 0.672. The van der Waals surface area contributed by atoms with E-state index >= 15 is 0 Å². The highest BCUT2D eigenvalue weighted by Gasteiger charge is 2.42. The van der Waals surface area contributed by atoms with Gasteiger partial charge >= 0.3 is 11.9 Å². The van der Waals surface area contributed by atoms with Gasteiger partial charge in [0.1, 0.15) is 12.2 Å². The van der Waals surface area contributed by atoms with Crippen LogP contribution < -0.4 is 0 Å². The highest BCUT2D eigenvalue weighted by atomic mass is 16.5. The molecule has 8 atom stereocenters. The van der Waals surface area contributed by atoms with E-state index in [0.717, 1.165) is 25.7 Å². The molecule has 2 aliphatic carbocycles. The average molecular weight is 405 g/mol. The molecule has 1 aliphatic heterocycles. The number of carbonyl (C=O) groups excluding carboxylic acids is 2. The van der Waals surface area contributed by atoms with Gasteiger partial charge in [0, 0.05) is 12.3 Å². The second-order valence-electron chi connectivity index (χ2n) is 9.36. The van der Waals surface area contributed by atoms with E-state index in [4.69, 9.17) is 9.47 Å². The number of hydrogen-bond acceptors (Lipinski definition) is 5. The van der Waals surface area contributed by atoms with Crippen molar-refractivity contribution in [2.45, 2.75) is 84.5 Å². The molecular weight excluding hydrogens is 368 g/mol. The van der Waals surface area contributed by atoms with Crippen LogP contribution >= 0.6 is 0 Å². The molecule has 0 aromatic rings. The number of allylic oxidation sites excluding steroid dienone is 3. The normalized spacial score (nSPS) is 37.9. The molecule has 1 saturated heterocycles. The highest BCUT2D eigenvalue weighted by Crippen LogP contribution is 2.45. The number of ether oxygens (including phenoxy) is 2. The van der Waals surface area contributed by atoms with Gasteiger partial charge in [-0.1, -0.05) is 45.9 Å². The number of hydrogen-bond donors (Lipinski definition) is 1. The van der Waals surface area contributed by atoms with Gasteiger partial charge in [0.2, 0.25) is 0 Å². The Morgan fingerprint density at radius 1 is 1.31 bits per heavy atom. The van der Waals surface area contributed by atoms with Crippen molar-refractivity contribution < 1.29 is 24.2 Å². The first-order valence-corrected chi connectivity index (χ1v) is 11.3. The maximum absolute atomic E-state index is 12.5. The van der Waals surface area contributed by atoms with Crippen molar-refractivity contribution in [2.75, 3.05) is 0 Å². The molecule has 0 aromatic carbocycles. The Hall–Kier alpha value is -1.62. The zero-order valence-electron chi connectivity index (χ0n) is 18.2. The van der Waals surface area contributed by atoms with Crippen molar-refractivity contribution in [3.8, 4) is 0 Å². The van der Waals surface area contributed by atoms with Crippen LogP contribution in [0.25, 0.3) is 0 Å². The monoisotopic (exact) mass is 404 g/mol. The van der Waals surface area contributed by atoms with Crippen LogP contribution in [0.15, 0.2) is 23.8 Å². The predicted octanol–water partition coefficient (Wildman–Crippen LogP) is 4.20. The summed E-state index contributed by atoms with van der Waals surface area (Å²) < 4.78 is 11.5. The molecule has 0 aromatic heterocycles. The van der Waals surface area contributed by atoms with Crippen molar-refractivity contribution in [3.63, 3.8) is 0 Å². The minimum Gasteiger partial charge on any atom is -0.462 e. The van der Waals surface area contributed by atoms with Crippen molar-refractivity contribution in [2.24, 2.45) is 29.6 Å². The van der Waals surface area contributed by atoms with E-state index in [-0.39, 0.29) is 42.4 Å². The van der Waals surface area contributed by atoms with Crippen LogP contribution in [0.4, 0.5) is 0 Å². The van der Waals surface area contributed by atoms with Crippen LogP contribution in [-0.4, -0.2) is 35.4 Å². The number of aliphatic hydroxyl groups is 1. The predicted molar refractivity (Wildman–Crippen MR) is 111 cm³/mol. The molecule has 3 rings (SSSR count). The third-order valence-corrected chi connectivity index (χ3v) is 6.93. The van der Waals surface area contributed by atoms with Gasteiger partial charge in [-0.05, 0) is 49.0 Å². The van der Waals surface area contributed by atoms with E-state index in [1.165, 1.54) is 5.57 Å². The van der Waals surface area contributed by atoms with Crippen molar-refractivity contribution in [1.29, 1.82) is 0 Å². The van der Waals surface area contributed by atoms with Crippen LogP contribution in [0, 0.1) is 29.6 Å². The van der Waals surface area contributed by atoms with Gasteiger partial charge in [-0.25, -0.2) is 0 Å². The molecule has 29 heavy (non-hydrogen) atoms.